The van der Waals surface area contributed by atoms with E-state index in [9.17, 15) is 14.4 Å². The van der Waals surface area contributed by atoms with Crippen LogP contribution in [0, 0.1) is 6.92 Å². The quantitative estimate of drug-likeness (QED) is 0.797. The van der Waals surface area contributed by atoms with Crippen molar-refractivity contribution in [1.82, 2.24) is 14.8 Å². The van der Waals surface area contributed by atoms with Crippen LogP contribution in [0.1, 0.15) is 23.0 Å². The summed E-state index contributed by atoms with van der Waals surface area (Å²) in [6, 6.07) is 7.67. The second-order valence-corrected chi connectivity index (χ2v) is 7.56. The third-order valence-electron chi connectivity index (χ3n) is 4.37. The third-order valence-corrected chi connectivity index (χ3v) is 5.13. The number of nitrogens with one attached hydrogen (secondary N) is 2. The average molecular weight is 401 g/mol. The highest BCUT2D eigenvalue weighted by molar-refractivity contribution is 7.14. The van der Waals surface area contributed by atoms with Crippen LogP contribution in [-0.4, -0.2) is 65.2 Å². The van der Waals surface area contributed by atoms with Crippen molar-refractivity contribution in [2.75, 3.05) is 43.4 Å². The molecule has 0 unspecified atom stereocenters. The SMILES string of the molecule is CC(=O)Nc1nc(C(=O)N2CCN(CC(=O)Nc3ccc(C)cc3)CC2)cs1. The van der Waals surface area contributed by atoms with Crippen LogP contribution >= 0.6 is 11.3 Å². The van der Waals surface area contributed by atoms with E-state index >= 15 is 0 Å². The molecule has 0 aliphatic carbocycles. The zero-order chi connectivity index (χ0) is 20.1. The molecule has 1 saturated heterocycles. The van der Waals surface area contributed by atoms with Gasteiger partial charge in [0.2, 0.25) is 11.8 Å². The second kappa shape index (κ2) is 8.94. The molecule has 1 aromatic heterocycles. The van der Waals surface area contributed by atoms with E-state index in [1.165, 1.54) is 18.3 Å². The summed E-state index contributed by atoms with van der Waals surface area (Å²) < 4.78 is 0. The first-order valence-electron chi connectivity index (χ1n) is 9.02. The number of hydrogen-bond acceptors (Lipinski definition) is 6. The van der Waals surface area contributed by atoms with Crippen LogP contribution in [0.4, 0.5) is 10.8 Å². The normalized spacial score (nSPS) is 14.6. The molecule has 1 aliphatic rings. The minimum atomic E-state index is -0.217. The molecule has 1 aromatic carbocycles. The topological polar surface area (TPSA) is 94.6 Å². The Bertz CT molecular complexity index is 857. The van der Waals surface area contributed by atoms with Crippen LogP contribution < -0.4 is 10.6 Å². The molecule has 28 heavy (non-hydrogen) atoms. The number of aryl methyl sites for hydroxylation is 1. The summed E-state index contributed by atoms with van der Waals surface area (Å²) in [6.45, 7) is 5.99. The van der Waals surface area contributed by atoms with Gasteiger partial charge in [-0.05, 0) is 19.1 Å². The summed E-state index contributed by atoms with van der Waals surface area (Å²) in [7, 11) is 0. The second-order valence-electron chi connectivity index (χ2n) is 6.70. The summed E-state index contributed by atoms with van der Waals surface area (Å²) in [6.07, 6.45) is 0. The lowest BCUT2D eigenvalue weighted by Crippen LogP contribution is -2.50. The molecule has 0 radical (unpaired) electrons. The van der Waals surface area contributed by atoms with E-state index in [1.54, 1.807) is 10.3 Å². The molecule has 1 fully saturated rings. The van der Waals surface area contributed by atoms with Gasteiger partial charge in [0, 0.05) is 44.2 Å². The molecule has 148 valence electrons. The van der Waals surface area contributed by atoms with E-state index in [-0.39, 0.29) is 17.7 Å². The molecule has 0 atom stereocenters. The Labute approximate surface area is 167 Å². The van der Waals surface area contributed by atoms with Crippen molar-refractivity contribution >= 4 is 39.9 Å². The lowest BCUT2D eigenvalue weighted by atomic mass is 10.2. The Morgan fingerprint density at radius 3 is 2.39 bits per heavy atom. The highest BCUT2D eigenvalue weighted by Crippen LogP contribution is 2.17. The van der Waals surface area contributed by atoms with Gasteiger partial charge >= 0.3 is 0 Å². The van der Waals surface area contributed by atoms with Crippen molar-refractivity contribution in [3.8, 4) is 0 Å². The van der Waals surface area contributed by atoms with Gasteiger partial charge in [-0.25, -0.2) is 4.98 Å². The molecule has 0 spiro atoms. The number of hydrogen-bond donors (Lipinski definition) is 2. The molecule has 2 aromatic rings. The van der Waals surface area contributed by atoms with Crippen LogP contribution in [-0.2, 0) is 9.59 Å². The standard InChI is InChI=1S/C19H23N5O3S/c1-13-3-5-15(6-4-13)21-17(26)11-23-7-9-24(10-8-23)18(27)16-12-28-19(22-16)20-14(2)25/h3-6,12H,7-11H2,1-2H3,(H,21,26)(H,20,22,25). The molecular weight excluding hydrogens is 378 g/mol. The molecule has 8 nitrogen and oxygen atoms in total. The summed E-state index contributed by atoms with van der Waals surface area (Å²) in [5.74, 6) is -0.439. The first kappa shape index (κ1) is 20.0. The number of aromatic nitrogens is 1. The maximum absolute atomic E-state index is 12.6. The van der Waals surface area contributed by atoms with Gasteiger partial charge in [0.25, 0.3) is 5.91 Å². The molecule has 3 amide bonds. The van der Waals surface area contributed by atoms with Gasteiger partial charge in [-0.1, -0.05) is 17.7 Å². The molecule has 2 N–H and O–H groups in total. The number of nitrogens with zero attached hydrogens (tertiary/aromatic N) is 3. The summed E-state index contributed by atoms with van der Waals surface area (Å²) in [5.41, 5.74) is 2.25. The molecule has 1 aliphatic heterocycles. The minimum Gasteiger partial charge on any atom is -0.335 e. The first-order valence-corrected chi connectivity index (χ1v) is 9.90. The molecule has 3 rings (SSSR count). The van der Waals surface area contributed by atoms with Gasteiger partial charge in [-0.3, -0.25) is 19.3 Å². The number of thiazole rings is 1. The third kappa shape index (κ3) is 5.37. The number of carbonyl (C=O) groups is 3. The van der Waals surface area contributed by atoms with E-state index in [0.29, 0.717) is 43.5 Å². The largest absolute Gasteiger partial charge is 0.335 e. The highest BCUT2D eigenvalue weighted by atomic mass is 32.1. The lowest BCUT2D eigenvalue weighted by Gasteiger charge is -2.33. The van der Waals surface area contributed by atoms with Crippen molar-refractivity contribution < 1.29 is 14.4 Å². The first-order chi connectivity index (χ1) is 13.4. The number of anilines is 2. The summed E-state index contributed by atoms with van der Waals surface area (Å²) in [4.78, 5) is 43.8. The van der Waals surface area contributed by atoms with Gasteiger partial charge in [0.15, 0.2) is 5.13 Å². The van der Waals surface area contributed by atoms with Crippen LogP contribution in [0.5, 0.6) is 0 Å². The Morgan fingerprint density at radius 2 is 1.75 bits per heavy atom. The smallest absolute Gasteiger partial charge is 0.273 e. The lowest BCUT2D eigenvalue weighted by molar-refractivity contribution is -0.117. The van der Waals surface area contributed by atoms with Gasteiger partial charge in [0.1, 0.15) is 5.69 Å². The van der Waals surface area contributed by atoms with Crippen LogP contribution in [0.15, 0.2) is 29.6 Å². The van der Waals surface area contributed by atoms with Gasteiger partial charge in [-0.15, -0.1) is 11.3 Å². The fraction of sp³-hybridized carbons (Fsp3) is 0.368. The Hall–Kier alpha value is -2.78. The zero-order valence-corrected chi connectivity index (χ0v) is 16.7. The number of carbonyl (C=O) groups excluding carboxylic acids is 3. The molecule has 0 bridgehead atoms. The van der Waals surface area contributed by atoms with Crippen LogP contribution in [0.25, 0.3) is 0 Å². The monoisotopic (exact) mass is 401 g/mol. The van der Waals surface area contributed by atoms with E-state index in [0.717, 1.165) is 11.3 Å². The van der Waals surface area contributed by atoms with Crippen molar-refractivity contribution in [2.24, 2.45) is 0 Å². The molecular formula is C19H23N5O3S. The number of benzene rings is 1. The van der Waals surface area contributed by atoms with E-state index in [4.69, 9.17) is 0 Å². The van der Waals surface area contributed by atoms with Gasteiger partial charge in [0.05, 0.1) is 6.54 Å². The van der Waals surface area contributed by atoms with Crippen LogP contribution in [0.2, 0.25) is 0 Å². The number of rotatable bonds is 5. The van der Waals surface area contributed by atoms with Crippen molar-refractivity contribution in [2.45, 2.75) is 13.8 Å². The summed E-state index contributed by atoms with van der Waals surface area (Å²) >= 11 is 1.23. The predicted octanol–water partition coefficient (Wildman–Crippen LogP) is 1.81. The maximum Gasteiger partial charge on any atom is 0.273 e. The molecule has 9 heteroatoms. The van der Waals surface area contributed by atoms with E-state index < -0.39 is 0 Å². The molecule has 2 heterocycles. The Kier molecular flexibility index (Phi) is 6.37. The van der Waals surface area contributed by atoms with Crippen molar-refractivity contribution in [1.29, 1.82) is 0 Å². The van der Waals surface area contributed by atoms with E-state index in [1.807, 2.05) is 36.1 Å². The fourth-order valence-corrected chi connectivity index (χ4v) is 3.62. The Morgan fingerprint density at radius 1 is 1.07 bits per heavy atom. The van der Waals surface area contributed by atoms with Gasteiger partial charge < -0.3 is 15.5 Å². The zero-order valence-electron chi connectivity index (χ0n) is 15.9. The minimum absolute atomic E-state index is 0.0666. The van der Waals surface area contributed by atoms with Gasteiger partial charge in [-0.2, -0.15) is 0 Å². The fourth-order valence-electron chi connectivity index (χ4n) is 2.89. The van der Waals surface area contributed by atoms with Crippen molar-refractivity contribution in [3.05, 3.63) is 40.9 Å². The average Bonchev–Trinajstić information content (AvgIpc) is 3.11. The van der Waals surface area contributed by atoms with Crippen LogP contribution in [0.3, 0.4) is 0 Å². The number of piperazine rings is 1. The summed E-state index contributed by atoms with van der Waals surface area (Å²) in [5, 5.41) is 7.54. The van der Waals surface area contributed by atoms with E-state index in [2.05, 4.69) is 15.6 Å². The Balaban J connectivity index is 1.46. The molecule has 0 saturated carbocycles. The van der Waals surface area contributed by atoms with Crippen molar-refractivity contribution in [3.63, 3.8) is 0 Å². The maximum atomic E-state index is 12.6. The number of amides is 3. The highest BCUT2D eigenvalue weighted by Gasteiger charge is 2.25. The predicted molar refractivity (Wildman–Crippen MR) is 109 cm³/mol.